The average Bonchev–Trinajstić information content (AvgIpc) is 3.37. The predicted octanol–water partition coefficient (Wildman–Crippen LogP) is 1.11. The number of amides is 1. The van der Waals surface area contributed by atoms with E-state index >= 15 is 0 Å². The van der Waals surface area contributed by atoms with E-state index in [-0.39, 0.29) is 81.2 Å². The van der Waals surface area contributed by atoms with Crippen LogP contribution in [0.5, 0.6) is 0 Å². The Morgan fingerprint density at radius 2 is 1.51 bits per heavy atom. The Morgan fingerprint density at radius 3 is 2.16 bits per heavy atom. The fourth-order valence-electron chi connectivity index (χ4n) is 4.91. The van der Waals surface area contributed by atoms with Gasteiger partial charge in [-0.1, -0.05) is 66.7 Å². The summed E-state index contributed by atoms with van der Waals surface area (Å²) in [6, 6.07) is 22.5. The van der Waals surface area contributed by atoms with E-state index in [9.17, 15) is 36.3 Å². The first-order chi connectivity index (χ1) is 19.9. The van der Waals surface area contributed by atoms with E-state index in [4.69, 9.17) is 0 Å². The van der Waals surface area contributed by atoms with Gasteiger partial charge in [-0.25, -0.2) is 8.42 Å². The molecule has 0 spiro atoms. The van der Waals surface area contributed by atoms with Crippen molar-refractivity contribution < 1.29 is 87.7 Å². The zero-order chi connectivity index (χ0) is 30.1. The summed E-state index contributed by atoms with van der Waals surface area (Å²) >= 11 is 0. The van der Waals surface area contributed by atoms with Gasteiger partial charge in [-0.05, 0) is 58.1 Å². The second-order valence-electron chi connectivity index (χ2n) is 9.84. The summed E-state index contributed by atoms with van der Waals surface area (Å²) in [6.45, 7) is 0.0941. The number of benzene rings is 4. The number of carboxylic acids is 1. The van der Waals surface area contributed by atoms with E-state index in [0.717, 1.165) is 16.4 Å². The summed E-state index contributed by atoms with van der Waals surface area (Å²) in [7, 11) is -4.25. The Kier molecular flexibility index (Phi) is 10.2. The second-order valence-corrected chi connectivity index (χ2v) is 11.7. The Balaban J connectivity index is 0.00000423. The first kappa shape index (κ1) is 32.9. The molecule has 1 aliphatic heterocycles. The van der Waals surface area contributed by atoms with Crippen LogP contribution in [0.1, 0.15) is 22.3 Å². The van der Waals surface area contributed by atoms with Crippen LogP contribution in [0.3, 0.4) is 0 Å². The van der Waals surface area contributed by atoms with Gasteiger partial charge in [0.05, 0.1) is 16.1 Å². The molecule has 1 N–H and O–H groups in total. The van der Waals surface area contributed by atoms with Crippen molar-refractivity contribution in [1.29, 1.82) is 0 Å². The molecule has 5 rings (SSSR count). The molecule has 0 aromatic heterocycles. The van der Waals surface area contributed by atoms with Crippen LogP contribution >= 0.6 is 0 Å². The van der Waals surface area contributed by atoms with Crippen LogP contribution in [-0.4, -0.2) is 26.3 Å². The number of sulfonamides is 1. The number of carboxylic acid groups (broad SMARTS) is 1. The molecule has 0 saturated carbocycles. The van der Waals surface area contributed by atoms with Gasteiger partial charge in [0.25, 0.3) is 10.0 Å². The number of halogens is 3. The van der Waals surface area contributed by atoms with Crippen molar-refractivity contribution in [2.45, 2.75) is 36.5 Å². The molecular formula is C31H24F3KN2O5S. The van der Waals surface area contributed by atoms with Gasteiger partial charge in [-0.15, -0.1) is 0 Å². The molecule has 216 valence electrons. The van der Waals surface area contributed by atoms with Crippen LogP contribution in [0.15, 0.2) is 102 Å². The molecule has 4 aromatic carbocycles. The third-order valence-corrected chi connectivity index (χ3v) is 8.84. The number of carbonyl (C=O) groups is 2. The molecular weight excluding hydrogens is 609 g/mol. The smallest absolute Gasteiger partial charge is 0.550 e. The minimum absolute atomic E-state index is 0. The van der Waals surface area contributed by atoms with E-state index in [1.807, 2.05) is 0 Å². The molecule has 1 amide bonds. The number of alkyl halides is 3. The first-order valence-electron chi connectivity index (χ1n) is 12.9. The van der Waals surface area contributed by atoms with E-state index in [0.29, 0.717) is 27.9 Å². The number of aliphatic carboxylic acids is 1. The van der Waals surface area contributed by atoms with Gasteiger partial charge in [0.15, 0.2) is 0 Å². The number of fused-ring (bicyclic) bond motifs is 1. The molecule has 0 fully saturated rings. The van der Waals surface area contributed by atoms with Crippen LogP contribution in [0.25, 0.3) is 11.1 Å². The minimum Gasteiger partial charge on any atom is -0.550 e. The maximum absolute atomic E-state index is 13.9. The average molecular weight is 633 g/mol. The van der Waals surface area contributed by atoms with Crippen LogP contribution in [-0.2, 0) is 45.2 Å². The van der Waals surface area contributed by atoms with Crippen molar-refractivity contribution in [1.82, 2.24) is 5.32 Å². The van der Waals surface area contributed by atoms with Crippen LogP contribution in [0, 0.1) is 0 Å². The Morgan fingerprint density at radius 1 is 0.860 bits per heavy atom. The SMILES string of the molecule is O=C([O-])Cc1ccc(CNC(=O)[C@@H]2Cc3ccccc3N2S(=O)(=O)c2ccc(-c3cccc(C(F)(F)F)c3)cc2)cc1.[K+]. The largest absolute Gasteiger partial charge is 1.00 e. The second kappa shape index (κ2) is 13.3. The molecule has 0 unspecified atom stereocenters. The standard InChI is InChI=1S/C31H25F3N2O5S.K/c32-31(33,34)25-6-3-5-23(17-25)22-12-14-26(15-13-22)42(40,41)36-27-7-2-1-4-24(27)18-28(36)30(39)35-19-21-10-8-20(9-11-21)16-29(37)38;/h1-15,17,28H,16,18-19H2,(H,35,39)(H,37,38);/q;+1/p-1/t28-;/m0./s1. The maximum Gasteiger partial charge on any atom is 1.00 e. The normalized spacial score (nSPS) is 14.5. The van der Waals surface area contributed by atoms with E-state index in [2.05, 4.69) is 5.32 Å². The summed E-state index contributed by atoms with van der Waals surface area (Å²) in [6.07, 6.45) is -4.60. The van der Waals surface area contributed by atoms with E-state index < -0.39 is 39.7 Å². The van der Waals surface area contributed by atoms with Gasteiger partial charge >= 0.3 is 57.6 Å². The molecule has 12 heteroatoms. The van der Waals surface area contributed by atoms with Crippen LogP contribution in [0.4, 0.5) is 18.9 Å². The summed E-state index contributed by atoms with van der Waals surface area (Å²) < 4.78 is 68.4. The fraction of sp³-hybridized carbons (Fsp3) is 0.161. The fourth-order valence-corrected chi connectivity index (χ4v) is 6.56. The summed E-state index contributed by atoms with van der Waals surface area (Å²) in [4.78, 5) is 24.0. The number of hydrogen-bond acceptors (Lipinski definition) is 5. The van der Waals surface area contributed by atoms with Crippen molar-refractivity contribution >= 4 is 27.6 Å². The summed E-state index contributed by atoms with van der Waals surface area (Å²) in [5.41, 5.74) is 2.16. The van der Waals surface area contributed by atoms with Gasteiger partial charge in [0.1, 0.15) is 6.04 Å². The van der Waals surface area contributed by atoms with Crippen molar-refractivity contribution in [2.75, 3.05) is 4.31 Å². The summed E-state index contributed by atoms with van der Waals surface area (Å²) in [5.74, 6) is -1.72. The van der Waals surface area contributed by atoms with Crippen molar-refractivity contribution in [3.63, 3.8) is 0 Å². The molecule has 4 aromatic rings. The van der Waals surface area contributed by atoms with Crippen molar-refractivity contribution in [3.8, 4) is 11.1 Å². The number of anilines is 1. The van der Waals surface area contributed by atoms with Gasteiger partial charge in [0, 0.05) is 25.4 Å². The number of para-hydroxylation sites is 1. The van der Waals surface area contributed by atoms with E-state index in [1.165, 1.54) is 36.4 Å². The Labute approximate surface area is 289 Å². The number of rotatable bonds is 8. The third kappa shape index (κ3) is 7.39. The zero-order valence-corrected chi connectivity index (χ0v) is 26.9. The summed E-state index contributed by atoms with van der Waals surface area (Å²) in [5, 5.41) is 13.6. The first-order valence-corrected chi connectivity index (χ1v) is 14.3. The number of hydrogen-bond donors (Lipinski definition) is 1. The molecule has 1 aliphatic rings. The molecule has 7 nitrogen and oxygen atoms in total. The molecule has 43 heavy (non-hydrogen) atoms. The van der Waals surface area contributed by atoms with Crippen molar-refractivity contribution in [2.24, 2.45) is 0 Å². The maximum atomic E-state index is 13.9. The molecule has 0 radical (unpaired) electrons. The monoisotopic (exact) mass is 632 g/mol. The Hall–Kier alpha value is -3.00. The molecule has 0 saturated heterocycles. The molecule has 0 aliphatic carbocycles. The van der Waals surface area contributed by atoms with Gasteiger partial charge in [-0.3, -0.25) is 9.10 Å². The predicted molar refractivity (Wildman–Crippen MR) is 147 cm³/mol. The molecule has 1 heterocycles. The van der Waals surface area contributed by atoms with Gasteiger partial charge < -0.3 is 15.2 Å². The molecule has 0 bridgehead atoms. The topological polar surface area (TPSA) is 107 Å². The minimum atomic E-state index is -4.51. The van der Waals surface area contributed by atoms with E-state index in [1.54, 1.807) is 48.5 Å². The van der Waals surface area contributed by atoms with Gasteiger partial charge in [0.2, 0.25) is 5.91 Å². The van der Waals surface area contributed by atoms with Gasteiger partial charge in [-0.2, -0.15) is 13.2 Å². The van der Waals surface area contributed by atoms with Crippen LogP contribution in [0.2, 0.25) is 0 Å². The van der Waals surface area contributed by atoms with Crippen molar-refractivity contribution in [3.05, 3.63) is 119 Å². The third-order valence-electron chi connectivity index (χ3n) is 7.00. The molecule has 1 atom stereocenters. The zero-order valence-electron chi connectivity index (χ0n) is 23.0. The number of nitrogens with zero attached hydrogens (tertiary/aromatic N) is 1. The number of nitrogens with one attached hydrogen (secondary N) is 1. The Bertz CT molecular complexity index is 1740. The quantitative estimate of drug-likeness (QED) is 0.293. The number of carbonyl (C=O) groups excluding carboxylic acids is 2. The van der Waals surface area contributed by atoms with Crippen LogP contribution < -0.4 is 66.1 Å².